The molecule has 0 bridgehead atoms. The van der Waals surface area contributed by atoms with E-state index in [-0.39, 0.29) is 18.9 Å². The molecule has 0 heterocycles. The number of aryl methyl sites for hydroxylation is 1. The summed E-state index contributed by atoms with van der Waals surface area (Å²) in [6, 6.07) is 22.4. The molecule has 10 nitrogen and oxygen atoms in total. The molecule has 3 atom stereocenters. The molecule has 0 radical (unpaired) electrons. The van der Waals surface area contributed by atoms with Gasteiger partial charge in [0.1, 0.15) is 24.3 Å². The predicted octanol–water partition coefficient (Wildman–Crippen LogP) is 7.26. The lowest BCUT2D eigenvalue weighted by molar-refractivity contribution is -0.145. The number of amides is 3. The van der Waals surface area contributed by atoms with Crippen LogP contribution < -0.4 is 16.0 Å². The molecule has 1 unspecified atom stereocenters. The van der Waals surface area contributed by atoms with Crippen LogP contribution in [0.1, 0.15) is 81.9 Å². The van der Waals surface area contributed by atoms with Crippen molar-refractivity contribution in [2.75, 3.05) is 20.3 Å². The van der Waals surface area contributed by atoms with Gasteiger partial charge < -0.3 is 30.2 Å². The topological polar surface area (TPSA) is 132 Å². The summed E-state index contributed by atoms with van der Waals surface area (Å²) in [4.78, 5) is 51.7. The molecular formula is C39H48IN3O7. The first-order valence-corrected chi connectivity index (χ1v) is 18.2. The fraction of sp³-hybridized carbons (Fsp3) is 0.436. The van der Waals surface area contributed by atoms with Gasteiger partial charge in [-0.2, -0.15) is 0 Å². The van der Waals surface area contributed by atoms with Gasteiger partial charge in [0.25, 0.3) is 0 Å². The second-order valence-electron chi connectivity index (χ2n) is 13.4. The molecule has 0 spiro atoms. The van der Waals surface area contributed by atoms with Crippen molar-refractivity contribution >= 4 is 46.7 Å². The lowest BCUT2D eigenvalue weighted by Crippen LogP contribution is -2.52. The number of benzene rings is 3. The Morgan fingerprint density at radius 1 is 0.780 bits per heavy atom. The first-order valence-electron chi connectivity index (χ1n) is 17.2. The highest BCUT2D eigenvalue weighted by atomic mass is 127. The lowest BCUT2D eigenvalue weighted by atomic mass is 9.98. The number of methoxy groups -OCH3 is 1. The number of hydrogen-bond acceptors (Lipinski definition) is 7. The summed E-state index contributed by atoms with van der Waals surface area (Å²) in [5.74, 6) is -1.20. The zero-order chi connectivity index (χ0) is 36.1. The summed E-state index contributed by atoms with van der Waals surface area (Å²) < 4.78 is 17.2. The summed E-state index contributed by atoms with van der Waals surface area (Å²) in [6.45, 7) is 5.79. The van der Waals surface area contributed by atoms with Crippen molar-refractivity contribution in [3.05, 3.63) is 93.1 Å². The summed E-state index contributed by atoms with van der Waals surface area (Å²) >= 11 is 2.31. The van der Waals surface area contributed by atoms with Crippen molar-refractivity contribution in [3.8, 4) is 11.1 Å². The molecule has 3 amide bonds. The van der Waals surface area contributed by atoms with E-state index < -0.39 is 41.7 Å². The Bertz CT molecular complexity index is 1610. The Balaban J connectivity index is 1.38. The van der Waals surface area contributed by atoms with Crippen LogP contribution >= 0.6 is 22.6 Å². The fourth-order valence-electron chi connectivity index (χ4n) is 6.08. The maximum absolute atomic E-state index is 13.6. The van der Waals surface area contributed by atoms with Crippen LogP contribution in [-0.4, -0.2) is 62.0 Å². The van der Waals surface area contributed by atoms with Crippen molar-refractivity contribution in [2.45, 2.75) is 89.3 Å². The van der Waals surface area contributed by atoms with Gasteiger partial charge in [-0.25, -0.2) is 14.4 Å². The highest BCUT2D eigenvalue weighted by molar-refractivity contribution is 14.1. The third-order valence-corrected chi connectivity index (χ3v) is 9.40. The zero-order valence-electron chi connectivity index (χ0n) is 29.3. The number of hydrogen-bond donors (Lipinski definition) is 3. The Morgan fingerprint density at radius 3 is 2.20 bits per heavy atom. The smallest absolute Gasteiger partial charge is 0.407 e. The molecule has 0 aliphatic heterocycles. The van der Waals surface area contributed by atoms with Crippen molar-refractivity contribution in [2.24, 2.45) is 0 Å². The first-order chi connectivity index (χ1) is 24.0. The average molecular weight is 798 g/mol. The highest BCUT2D eigenvalue weighted by Crippen LogP contribution is 2.46. The molecule has 3 N–H and O–H groups in total. The Hall–Kier alpha value is -4.13. The van der Waals surface area contributed by atoms with Crippen LogP contribution in [0.4, 0.5) is 9.59 Å². The van der Waals surface area contributed by atoms with E-state index in [1.165, 1.54) is 12.7 Å². The third-order valence-electron chi connectivity index (χ3n) is 8.46. The maximum Gasteiger partial charge on any atom is 0.407 e. The van der Waals surface area contributed by atoms with E-state index in [1.807, 2.05) is 48.5 Å². The number of alkyl carbamates (subject to hydrolysis) is 2. The van der Waals surface area contributed by atoms with E-state index in [4.69, 9.17) is 14.2 Å². The SMILES string of the molecule is COC(=O)[C@H](CCCCc1ccccc1)NC(=O)[C@H](CCCCNC(=O)OC(C)(C)C)NC(=O)OCC1c2ccccc2-c2cccc(I)c21. The zero-order valence-corrected chi connectivity index (χ0v) is 31.4. The molecule has 3 aromatic rings. The second kappa shape index (κ2) is 18.7. The number of unbranched alkanes of at least 4 members (excludes halogenated alkanes) is 2. The van der Waals surface area contributed by atoms with Gasteiger partial charge in [0, 0.05) is 16.0 Å². The molecule has 0 aromatic heterocycles. The molecule has 0 saturated heterocycles. The van der Waals surface area contributed by atoms with Crippen LogP contribution in [0.25, 0.3) is 11.1 Å². The normalized spacial score (nSPS) is 14.4. The minimum atomic E-state index is -0.983. The largest absolute Gasteiger partial charge is 0.467 e. The minimum Gasteiger partial charge on any atom is -0.467 e. The minimum absolute atomic E-state index is 0.0935. The molecule has 1 aliphatic rings. The van der Waals surface area contributed by atoms with E-state index >= 15 is 0 Å². The van der Waals surface area contributed by atoms with Gasteiger partial charge in [-0.1, -0.05) is 73.2 Å². The Morgan fingerprint density at radius 2 is 1.46 bits per heavy atom. The van der Waals surface area contributed by atoms with Crippen LogP contribution in [-0.2, 0) is 30.2 Å². The monoisotopic (exact) mass is 797 g/mol. The van der Waals surface area contributed by atoms with E-state index in [1.54, 1.807) is 20.8 Å². The van der Waals surface area contributed by atoms with Gasteiger partial charge in [-0.3, -0.25) is 4.79 Å². The molecule has 11 heteroatoms. The van der Waals surface area contributed by atoms with Crippen LogP contribution in [0, 0.1) is 3.57 Å². The number of esters is 1. The number of nitrogens with one attached hydrogen (secondary N) is 3. The van der Waals surface area contributed by atoms with E-state index in [0.717, 1.165) is 38.7 Å². The van der Waals surface area contributed by atoms with Gasteiger partial charge in [0.15, 0.2) is 0 Å². The van der Waals surface area contributed by atoms with E-state index in [2.05, 4.69) is 62.8 Å². The van der Waals surface area contributed by atoms with Gasteiger partial charge in [-0.15, -0.1) is 0 Å². The average Bonchev–Trinajstić information content (AvgIpc) is 3.41. The standard InChI is InChI=1S/C39H48IN3O7/c1-39(2,3)50-37(46)41-24-13-12-22-32(35(44)42-33(36(45)48-4)23-11-8-17-26-15-6-5-7-16-26)43-38(47)49-25-30-28-19-10-9-18-27(28)29-20-14-21-31(40)34(29)30/h5-7,9-10,14-16,18-21,30,32-33H,8,11-13,17,22-25H2,1-4H3,(H,41,46)(H,42,44)(H,43,47)/t30?,32-,33-/m0/s1. The van der Waals surface area contributed by atoms with E-state index in [9.17, 15) is 19.2 Å². The van der Waals surface area contributed by atoms with Gasteiger partial charge in [0.05, 0.1) is 7.11 Å². The molecule has 1 aliphatic carbocycles. The molecule has 268 valence electrons. The quantitative estimate of drug-likeness (QED) is 0.0602. The molecule has 0 fully saturated rings. The number of carbonyl (C=O) groups excluding carboxylic acids is 4. The lowest BCUT2D eigenvalue weighted by Gasteiger charge is -2.23. The summed E-state index contributed by atoms with van der Waals surface area (Å²) in [7, 11) is 1.29. The first kappa shape index (κ1) is 38.7. The summed E-state index contributed by atoms with van der Waals surface area (Å²) in [5.41, 5.74) is 5.02. The maximum atomic E-state index is 13.6. The van der Waals surface area contributed by atoms with Gasteiger partial charge in [0.2, 0.25) is 5.91 Å². The number of halogens is 1. The van der Waals surface area contributed by atoms with Crippen molar-refractivity contribution < 1.29 is 33.4 Å². The Kier molecular flexibility index (Phi) is 14.5. The van der Waals surface area contributed by atoms with Crippen LogP contribution in [0.5, 0.6) is 0 Å². The molecule has 3 aromatic carbocycles. The fourth-order valence-corrected chi connectivity index (χ4v) is 6.95. The summed E-state index contributed by atoms with van der Waals surface area (Å²) in [6.07, 6.45) is 2.80. The van der Waals surface area contributed by atoms with Crippen LogP contribution in [0.2, 0.25) is 0 Å². The Labute approximate surface area is 308 Å². The third kappa shape index (κ3) is 11.5. The van der Waals surface area contributed by atoms with E-state index in [0.29, 0.717) is 32.2 Å². The summed E-state index contributed by atoms with van der Waals surface area (Å²) in [5, 5.41) is 8.27. The number of carbonyl (C=O) groups is 4. The van der Waals surface area contributed by atoms with Crippen LogP contribution in [0.3, 0.4) is 0 Å². The predicted molar refractivity (Wildman–Crippen MR) is 201 cm³/mol. The number of fused-ring (bicyclic) bond motifs is 3. The molecular weight excluding hydrogens is 749 g/mol. The molecule has 4 rings (SSSR count). The van der Waals surface area contributed by atoms with Crippen molar-refractivity contribution in [3.63, 3.8) is 0 Å². The number of rotatable bonds is 16. The van der Waals surface area contributed by atoms with Gasteiger partial charge in [-0.05, 0) is 116 Å². The van der Waals surface area contributed by atoms with Crippen LogP contribution in [0.15, 0.2) is 72.8 Å². The second-order valence-corrected chi connectivity index (χ2v) is 14.5. The highest BCUT2D eigenvalue weighted by Gasteiger charge is 2.32. The van der Waals surface area contributed by atoms with Gasteiger partial charge >= 0.3 is 18.2 Å². The van der Waals surface area contributed by atoms with Crippen molar-refractivity contribution in [1.29, 1.82) is 0 Å². The van der Waals surface area contributed by atoms with Crippen molar-refractivity contribution in [1.82, 2.24) is 16.0 Å². The number of ether oxygens (including phenoxy) is 3. The molecule has 0 saturated carbocycles. The molecule has 50 heavy (non-hydrogen) atoms.